The van der Waals surface area contributed by atoms with Crippen LogP contribution in [0.4, 0.5) is 0 Å². The van der Waals surface area contributed by atoms with Gasteiger partial charge in [0, 0.05) is 6.20 Å². The number of pyridine rings is 1. The Balaban J connectivity index is 1.65. The van der Waals surface area contributed by atoms with E-state index in [9.17, 15) is 5.11 Å². The summed E-state index contributed by atoms with van der Waals surface area (Å²) in [5.74, 6) is 1.00. The Morgan fingerprint density at radius 1 is 1.00 bits per heavy atom. The molecular weight excluding hydrogens is 318 g/mol. The molecule has 0 spiro atoms. The van der Waals surface area contributed by atoms with Crippen LogP contribution in [-0.4, -0.2) is 36.3 Å². The van der Waals surface area contributed by atoms with Crippen LogP contribution in [-0.2, 0) is 0 Å². The van der Waals surface area contributed by atoms with Gasteiger partial charge in [-0.1, -0.05) is 36.4 Å². The average Bonchev–Trinajstić information content (AvgIpc) is 3.12. The molecule has 124 valence electrons. The van der Waals surface area contributed by atoms with E-state index in [0.29, 0.717) is 23.0 Å². The summed E-state index contributed by atoms with van der Waals surface area (Å²) in [5, 5.41) is 18.6. The number of hydrogen-bond acceptors (Lipinski definition) is 6. The second-order valence-electron chi connectivity index (χ2n) is 5.42. The van der Waals surface area contributed by atoms with E-state index < -0.39 is 6.10 Å². The predicted octanol–water partition coefficient (Wildman–Crippen LogP) is 2.30. The molecule has 0 amide bonds. The molecular formula is C18H15N5O2. The molecule has 7 nitrogen and oxygen atoms in total. The number of nitrogens with zero attached hydrogens (tertiary/aromatic N) is 5. The van der Waals surface area contributed by atoms with Crippen molar-refractivity contribution in [3.05, 3.63) is 72.7 Å². The maximum absolute atomic E-state index is 10.3. The molecule has 1 N–H and O–H groups in total. The van der Waals surface area contributed by atoms with Crippen LogP contribution in [0.1, 0.15) is 11.7 Å². The summed E-state index contributed by atoms with van der Waals surface area (Å²) >= 11 is 0. The highest BCUT2D eigenvalue weighted by Gasteiger charge is 2.15. The third kappa shape index (κ3) is 3.05. The van der Waals surface area contributed by atoms with Gasteiger partial charge in [0.15, 0.2) is 11.5 Å². The van der Waals surface area contributed by atoms with E-state index in [1.54, 1.807) is 23.0 Å². The lowest BCUT2D eigenvalue weighted by atomic mass is 10.1. The van der Waals surface area contributed by atoms with Crippen LogP contribution >= 0.6 is 0 Å². The zero-order valence-electron chi connectivity index (χ0n) is 13.2. The van der Waals surface area contributed by atoms with Crippen LogP contribution in [0.25, 0.3) is 17.2 Å². The first kappa shape index (κ1) is 15.2. The normalized spacial score (nSPS) is 12.2. The Kier molecular flexibility index (Phi) is 4.05. The predicted molar refractivity (Wildman–Crippen MR) is 90.9 cm³/mol. The van der Waals surface area contributed by atoms with Gasteiger partial charge < -0.3 is 9.84 Å². The second-order valence-corrected chi connectivity index (χ2v) is 5.42. The number of hydrogen-bond donors (Lipinski definition) is 1. The highest BCUT2D eigenvalue weighted by Crippen LogP contribution is 2.22. The zero-order valence-corrected chi connectivity index (χ0v) is 13.2. The zero-order chi connectivity index (χ0) is 17.1. The molecule has 0 aliphatic carbocycles. The molecule has 4 aromatic rings. The number of aliphatic hydroxyl groups excluding tert-OH is 1. The summed E-state index contributed by atoms with van der Waals surface area (Å²) in [6.45, 7) is 0.0879. The van der Waals surface area contributed by atoms with Crippen molar-refractivity contribution in [2.45, 2.75) is 6.10 Å². The van der Waals surface area contributed by atoms with E-state index in [1.165, 1.54) is 0 Å². The lowest BCUT2D eigenvalue weighted by Crippen LogP contribution is -2.11. The lowest BCUT2D eigenvalue weighted by Gasteiger charge is -2.13. The second kappa shape index (κ2) is 6.66. The third-order valence-corrected chi connectivity index (χ3v) is 3.75. The maximum Gasteiger partial charge on any atom is 0.220 e. The highest BCUT2D eigenvalue weighted by atomic mass is 16.5. The van der Waals surface area contributed by atoms with Crippen LogP contribution < -0.4 is 4.74 Å². The summed E-state index contributed by atoms with van der Waals surface area (Å²) < 4.78 is 7.53. The first-order valence-corrected chi connectivity index (χ1v) is 7.79. The first-order valence-electron chi connectivity index (χ1n) is 7.79. The number of benzene rings is 1. The molecule has 0 radical (unpaired) electrons. The van der Waals surface area contributed by atoms with Crippen LogP contribution in [0, 0.1) is 0 Å². The van der Waals surface area contributed by atoms with E-state index in [-0.39, 0.29) is 6.61 Å². The molecule has 1 atom stereocenters. The Morgan fingerprint density at radius 2 is 1.84 bits per heavy atom. The van der Waals surface area contributed by atoms with E-state index in [0.717, 1.165) is 5.56 Å². The molecule has 0 saturated carbocycles. The number of rotatable bonds is 5. The number of fused-ring (bicyclic) bond motifs is 1. The minimum Gasteiger partial charge on any atom is -0.474 e. The van der Waals surface area contributed by atoms with Gasteiger partial charge in [-0.05, 0) is 17.7 Å². The maximum atomic E-state index is 10.3. The van der Waals surface area contributed by atoms with Crippen LogP contribution in [0.2, 0.25) is 0 Å². The molecule has 0 bridgehead atoms. The van der Waals surface area contributed by atoms with E-state index in [4.69, 9.17) is 4.74 Å². The van der Waals surface area contributed by atoms with Gasteiger partial charge in [-0.25, -0.2) is 4.40 Å². The fourth-order valence-electron chi connectivity index (χ4n) is 2.52. The SMILES string of the molecule is OC(COc1cncc2nnc(-c3ccccn3)n12)c1ccccc1. The largest absolute Gasteiger partial charge is 0.474 e. The smallest absolute Gasteiger partial charge is 0.220 e. The Labute approximate surface area is 143 Å². The minimum atomic E-state index is -0.744. The summed E-state index contributed by atoms with van der Waals surface area (Å²) in [7, 11) is 0. The Hall–Kier alpha value is -3.32. The molecule has 1 aromatic carbocycles. The van der Waals surface area contributed by atoms with Crippen molar-refractivity contribution in [1.29, 1.82) is 0 Å². The fraction of sp³-hybridized carbons (Fsp3) is 0.111. The molecule has 3 heterocycles. The first-order chi connectivity index (χ1) is 12.3. The van der Waals surface area contributed by atoms with Gasteiger partial charge in [0.1, 0.15) is 18.4 Å². The molecule has 7 heteroatoms. The van der Waals surface area contributed by atoms with Crippen molar-refractivity contribution in [2.75, 3.05) is 6.61 Å². The van der Waals surface area contributed by atoms with Crippen molar-refractivity contribution in [3.8, 4) is 17.4 Å². The standard InChI is InChI=1S/C18H15N5O2/c24-15(13-6-2-1-3-7-13)12-25-17-11-19-10-16-21-22-18(23(16)17)14-8-4-5-9-20-14/h1-11,15,24H,12H2. The topological polar surface area (TPSA) is 85.4 Å². The number of aromatic nitrogens is 5. The van der Waals surface area contributed by atoms with Crippen molar-refractivity contribution in [1.82, 2.24) is 24.6 Å². The molecule has 1 unspecified atom stereocenters. The number of ether oxygens (including phenoxy) is 1. The van der Waals surface area contributed by atoms with E-state index in [1.807, 2.05) is 48.5 Å². The fourth-order valence-corrected chi connectivity index (χ4v) is 2.52. The molecule has 0 fully saturated rings. The molecule has 0 saturated heterocycles. The highest BCUT2D eigenvalue weighted by molar-refractivity contribution is 5.56. The number of aliphatic hydroxyl groups is 1. The van der Waals surface area contributed by atoms with Crippen molar-refractivity contribution in [3.63, 3.8) is 0 Å². The van der Waals surface area contributed by atoms with Gasteiger partial charge in [0.25, 0.3) is 0 Å². The minimum absolute atomic E-state index is 0.0879. The monoisotopic (exact) mass is 333 g/mol. The average molecular weight is 333 g/mol. The van der Waals surface area contributed by atoms with Gasteiger partial charge in [-0.3, -0.25) is 9.97 Å². The van der Waals surface area contributed by atoms with Gasteiger partial charge >= 0.3 is 0 Å². The molecule has 25 heavy (non-hydrogen) atoms. The van der Waals surface area contributed by atoms with Gasteiger partial charge in [-0.15, -0.1) is 10.2 Å². The van der Waals surface area contributed by atoms with Crippen LogP contribution in [0.15, 0.2) is 67.1 Å². The van der Waals surface area contributed by atoms with Crippen LogP contribution in [0.3, 0.4) is 0 Å². The molecule has 3 aromatic heterocycles. The van der Waals surface area contributed by atoms with Crippen LogP contribution in [0.5, 0.6) is 5.88 Å². The van der Waals surface area contributed by atoms with Gasteiger partial charge in [0.2, 0.25) is 5.88 Å². The molecule has 0 aliphatic rings. The summed E-state index contributed by atoms with van der Waals surface area (Å²) in [5.41, 5.74) is 2.01. The summed E-state index contributed by atoms with van der Waals surface area (Å²) in [6.07, 6.45) is 4.11. The quantitative estimate of drug-likeness (QED) is 0.603. The van der Waals surface area contributed by atoms with Crippen molar-refractivity contribution >= 4 is 5.65 Å². The third-order valence-electron chi connectivity index (χ3n) is 3.75. The Bertz CT molecular complexity index is 973. The van der Waals surface area contributed by atoms with E-state index >= 15 is 0 Å². The molecule has 4 rings (SSSR count). The van der Waals surface area contributed by atoms with Crippen molar-refractivity contribution in [2.24, 2.45) is 0 Å². The Morgan fingerprint density at radius 3 is 2.64 bits per heavy atom. The van der Waals surface area contributed by atoms with E-state index in [2.05, 4.69) is 20.2 Å². The molecule has 0 aliphatic heterocycles. The lowest BCUT2D eigenvalue weighted by molar-refractivity contribution is 0.104. The summed E-state index contributed by atoms with van der Waals surface area (Å²) in [4.78, 5) is 8.43. The van der Waals surface area contributed by atoms with Gasteiger partial charge in [-0.2, -0.15) is 0 Å². The van der Waals surface area contributed by atoms with Gasteiger partial charge in [0.05, 0.1) is 12.4 Å². The summed E-state index contributed by atoms with van der Waals surface area (Å²) in [6, 6.07) is 14.9. The van der Waals surface area contributed by atoms with Crippen molar-refractivity contribution < 1.29 is 9.84 Å².